The van der Waals surface area contributed by atoms with E-state index >= 15 is 0 Å². The van der Waals surface area contributed by atoms with Crippen molar-refractivity contribution in [2.75, 3.05) is 23.7 Å². The highest BCUT2D eigenvalue weighted by molar-refractivity contribution is 5.47. The van der Waals surface area contributed by atoms with Crippen molar-refractivity contribution in [3.63, 3.8) is 0 Å². The van der Waals surface area contributed by atoms with Crippen molar-refractivity contribution in [1.29, 1.82) is 0 Å². The molecule has 0 amide bonds. The van der Waals surface area contributed by atoms with E-state index in [0.717, 1.165) is 24.7 Å². The Labute approximate surface area is 103 Å². The van der Waals surface area contributed by atoms with Crippen molar-refractivity contribution in [2.45, 2.75) is 45.4 Å². The lowest BCUT2D eigenvalue weighted by Gasteiger charge is -2.22. The number of nitrogen functional groups attached to an aromatic ring is 1. The van der Waals surface area contributed by atoms with E-state index in [1.807, 2.05) is 6.07 Å². The molecule has 2 rings (SSSR count). The number of aromatic nitrogens is 2. The molecule has 0 unspecified atom stereocenters. The van der Waals surface area contributed by atoms with Gasteiger partial charge >= 0.3 is 0 Å². The molecule has 0 saturated carbocycles. The minimum Gasteiger partial charge on any atom is -0.384 e. The van der Waals surface area contributed by atoms with Gasteiger partial charge in [0.15, 0.2) is 0 Å². The Hall–Kier alpha value is -1.32. The van der Waals surface area contributed by atoms with Crippen molar-refractivity contribution in [3.05, 3.63) is 11.9 Å². The maximum Gasteiger partial charge on any atom is 0.135 e. The number of anilines is 2. The first-order chi connectivity index (χ1) is 8.16. The van der Waals surface area contributed by atoms with E-state index in [0.29, 0.717) is 11.7 Å². The normalized spacial score (nSPS) is 17.2. The standard InChI is InChI=1S/C13H22N4/c1-10(2)13-15-11(14)9-12(16-13)17-7-5-3-4-6-8-17/h9-10H,3-8H2,1-2H3,(H2,14,15,16). The third-order valence-electron chi connectivity index (χ3n) is 3.20. The molecule has 1 fully saturated rings. The number of nitrogens with two attached hydrogens (primary N) is 1. The molecule has 1 saturated heterocycles. The zero-order valence-corrected chi connectivity index (χ0v) is 10.8. The molecule has 4 nitrogen and oxygen atoms in total. The Balaban J connectivity index is 2.23. The van der Waals surface area contributed by atoms with Crippen molar-refractivity contribution < 1.29 is 0 Å². The minimum atomic E-state index is 0.323. The van der Waals surface area contributed by atoms with E-state index < -0.39 is 0 Å². The second-order valence-electron chi connectivity index (χ2n) is 5.07. The van der Waals surface area contributed by atoms with E-state index in [1.165, 1.54) is 25.7 Å². The van der Waals surface area contributed by atoms with Gasteiger partial charge in [0.25, 0.3) is 0 Å². The van der Waals surface area contributed by atoms with Gasteiger partial charge in [-0.05, 0) is 12.8 Å². The van der Waals surface area contributed by atoms with Gasteiger partial charge in [-0.25, -0.2) is 9.97 Å². The first-order valence-electron chi connectivity index (χ1n) is 6.56. The van der Waals surface area contributed by atoms with Gasteiger partial charge in [0.05, 0.1) is 0 Å². The van der Waals surface area contributed by atoms with Crippen LogP contribution >= 0.6 is 0 Å². The zero-order chi connectivity index (χ0) is 12.3. The van der Waals surface area contributed by atoms with Crippen LogP contribution in [0.15, 0.2) is 6.07 Å². The number of nitrogens with zero attached hydrogens (tertiary/aromatic N) is 3. The quantitative estimate of drug-likeness (QED) is 0.854. The van der Waals surface area contributed by atoms with Crippen LogP contribution < -0.4 is 10.6 Å². The monoisotopic (exact) mass is 234 g/mol. The molecule has 4 heteroatoms. The van der Waals surface area contributed by atoms with Crippen LogP contribution in [0.1, 0.15) is 51.3 Å². The average molecular weight is 234 g/mol. The van der Waals surface area contributed by atoms with Gasteiger partial charge < -0.3 is 10.6 Å². The number of hydrogen-bond donors (Lipinski definition) is 1. The minimum absolute atomic E-state index is 0.323. The highest BCUT2D eigenvalue weighted by atomic mass is 15.2. The lowest BCUT2D eigenvalue weighted by atomic mass is 10.2. The molecule has 0 atom stereocenters. The SMILES string of the molecule is CC(C)c1nc(N)cc(N2CCCCCC2)n1. The van der Waals surface area contributed by atoms with E-state index in [4.69, 9.17) is 5.73 Å². The van der Waals surface area contributed by atoms with Crippen molar-refractivity contribution >= 4 is 11.6 Å². The Morgan fingerprint density at radius 3 is 2.35 bits per heavy atom. The third-order valence-corrected chi connectivity index (χ3v) is 3.20. The average Bonchev–Trinajstić information content (AvgIpc) is 2.56. The lowest BCUT2D eigenvalue weighted by molar-refractivity contribution is 0.726. The van der Waals surface area contributed by atoms with Gasteiger partial charge in [0.1, 0.15) is 17.5 Å². The lowest BCUT2D eigenvalue weighted by Crippen LogP contribution is -2.25. The van der Waals surface area contributed by atoms with Crippen LogP contribution in [-0.2, 0) is 0 Å². The summed E-state index contributed by atoms with van der Waals surface area (Å²) < 4.78 is 0. The molecule has 1 aliphatic rings. The highest BCUT2D eigenvalue weighted by Crippen LogP contribution is 2.21. The van der Waals surface area contributed by atoms with Crippen LogP contribution in [0.2, 0.25) is 0 Å². The van der Waals surface area contributed by atoms with Gasteiger partial charge in [0, 0.05) is 25.1 Å². The topological polar surface area (TPSA) is 55.0 Å². The summed E-state index contributed by atoms with van der Waals surface area (Å²) in [6.45, 7) is 6.38. The second kappa shape index (κ2) is 5.34. The molecule has 94 valence electrons. The summed E-state index contributed by atoms with van der Waals surface area (Å²) in [7, 11) is 0. The Morgan fingerprint density at radius 2 is 1.76 bits per heavy atom. The molecule has 17 heavy (non-hydrogen) atoms. The molecule has 0 aliphatic carbocycles. The molecule has 2 heterocycles. The van der Waals surface area contributed by atoms with Crippen molar-refractivity contribution in [1.82, 2.24) is 9.97 Å². The van der Waals surface area contributed by atoms with E-state index in [1.54, 1.807) is 0 Å². The molecular weight excluding hydrogens is 212 g/mol. The fourth-order valence-corrected chi connectivity index (χ4v) is 2.19. The molecule has 0 spiro atoms. The molecule has 0 radical (unpaired) electrons. The number of rotatable bonds is 2. The summed E-state index contributed by atoms with van der Waals surface area (Å²) in [6, 6.07) is 1.90. The van der Waals surface area contributed by atoms with Crippen LogP contribution in [0.3, 0.4) is 0 Å². The summed E-state index contributed by atoms with van der Waals surface area (Å²) in [4.78, 5) is 11.3. The zero-order valence-electron chi connectivity index (χ0n) is 10.8. The maximum atomic E-state index is 5.87. The Kier molecular flexibility index (Phi) is 3.82. The highest BCUT2D eigenvalue weighted by Gasteiger charge is 2.14. The van der Waals surface area contributed by atoms with Crippen molar-refractivity contribution in [3.8, 4) is 0 Å². The molecule has 0 aromatic carbocycles. The molecule has 0 bridgehead atoms. The maximum absolute atomic E-state index is 5.87. The van der Waals surface area contributed by atoms with Crippen LogP contribution in [-0.4, -0.2) is 23.1 Å². The summed E-state index contributed by atoms with van der Waals surface area (Å²) in [6.07, 6.45) is 5.16. The molecule has 2 N–H and O–H groups in total. The predicted molar refractivity (Wildman–Crippen MR) is 71.2 cm³/mol. The van der Waals surface area contributed by atoms with Gasteiger partial charge in [-0.1, -0.05) is 26.7 Å². The van der Waals surface area contributed by atoms with E-state index in [9.17, 15) is 0 Å². The van der Waals surface area contributed by atoms with Crippen molar-refractivity contribution in [2.24, 2.45) is 0 Å². The molecule has 1 aliphatic heterocycles. The van der Waals surface area contributed by atoms with Crippen LogP contribution in [0.5, 0.6) is 0 Å². The molecule has 1 aromatic rings. The van der Waals surface area contributed by atoms with Crippen LogP contribution in [0, 0.1) is 0 Å². The smallest absolute Gasteiger partial charge is 0.135 e. The van der Waals surface area contributed by atoms with Crippen LogP contribution in [0.25, 0.3) is 0 Å². The summed E-state index contributed by atoms with van der Waals surface area (Å²) in [5, 5.41) is 0. The Bertz CT molecular complexity index is 368. The largest absolute Gasteiger partial charge is 0.384 e. The summed E-state index contributed by atoms with van der Waals surface area (Å²) in [5.74, 6) is 2.76. The fourth-order valence-electron chi connectivity index (χ4n) is 2.19. The first kappa shape index (κ1) is 12.1. The second-order valence-corrected chi connectivity index (χ2v) is 5.07. The van der Waals surface area contributed by atoms with Crippen LogP contribution in [0.4, 0.5) is 11.6 Å². The van der Waals surface area contributed by atoms with Gasteiger partial charge in [-0.15, -0.1) is 0 Å². The van der Waals surface area contributed by atoms with E-state index in [2.05, 4.69) is 28.7 Å². The summed E-state index contributed by atoms with van der Waals surface area (Å²) in [5.41, 5.74) is 5.87. The third kappa shape index (κ3) is 3.08. The molecular formula is C13H22N4. The van der Waals surface area contributed by atoms with E-state index in [-0.39, 0.29) is 0 Å². The van der Waals surface area contributed by atoms with Gasteiger partial charge in [-0.3, -0.25) is 0 Å². The van der Waals surface area contributed by atoms with Gasteiger partial charge in [0.2, 0.25) is 0 Å². The summed E-state index contributed by atoms with van der Waals surface area (Å²) >= 11 is 0. The first-order valence-corrected chi connectivity index (χ1v) is 6.56. The number of hydrogen-bond acceptors (Lipinski definition) is 4. The fraction of sp³-hybridized carbons (Fsp3) is 0.692. The molecule has 1 aromatic heterocycles. The predicted octanol–water partition coefficient (Wildman–Crippen LogP) is 2.56. The Morgan fingerprint density at radius 1 is 1.12 bits per heavy atom. The van der Waals surface area contributed by atoms with Gasteiger partial charge in [-0.2, -0.15) is 0 Å².